The van der Waals surface area contributed by atoms with Crippen molar-refractivity contribution in [3.05, 3.63) is 24.3 Å². The molecule has 8 nitrogen and oxygen atoms in total. The summed E-state index contributed by atoms with van der Waals surface area (Å²) in [5, 5.41) is 11.7. The number of ether oxygens (including phenoxy) is 3. The zero-order chi connectivity index (χ0) is 44.9. The summed E-state index contributed by atoms with van der Waals surface area (Å²) in [5.41, 5.74) is 0. The van der Waals surface area contributed by atoms with Crippen LogP contribution in [0.25, 0.3) is 0 Å². The van der Waals surface area contributed by atoms with Crippen molar-refractivity contribution in [3.8, 4) is 0 Å². The normalized spacial score (nSPS) is 13.0. The number of hydrogen-bond donors (Lipinski definition) is 0. The van der Waals surface area contributed by atoms with Crippen molar-refractivity contribution < 1.29 is 38.2 Å². The first-order valence-electron chi connectivity index (χ1n) is 25.9. The van der Waals surface area contributed by atoms with E-state index in [1.54, 1.807) is 0 Å². The van der Waals surface area contributed by atoms with Crippen molar-refractivity contribution in [2.75, 3.05) is 41.0 Å². The molecule has 358 valence electrons. The number of rotatable bonds is 47. The van der Waals surface area contributed by atoms with E-state index in [-0.39, 0.29) is 42.7 Å². The lowest BCUT2D eigenvalue weighted by atomic mass is 10.0. The quantitative estimate of drug-likeness (QED) is 0.0260. The zero-order valence-electron chi connectivity index (χ0n) is 40.8. The maximum absolute atomic E-state index is 12.8. The van der Waals surface area contributed by atoms with Gasteiger partial charge in [-0.15, -0.1) is 0 Å². The molecule has 0 aliphatic heterocycles. The van der Waals surface area contributed by atoms with Gasteiger partial charge in [0.1, 0.15) is 12.6 Å². The molecule has 0 aromatic rings. The van der Waals surface area contributed by atoms with Crippen LogP contribution in [-0.2, 0) is 28.6 Å². The van der Waals surface area contributed by atoms with Gasteiger partial charge in [-0.25, -0.2) is 0 Å². The summed E-state index contributed by atoms with van der Waals surface area (Å²) in [6.07, 6.45) is 50.6. The highest BCUT2D eigenvalue weighted by atomic mass is 16.6. The second-order valence-electron chi connectivity index (χ2n) is 18.8. The lowest BCUT2D eigenvalue weighted by Crippen LogP contribution is -2.55. The van der Waals surface area contributed by atoms with Gasteiger partial charge in [0, 0.05) is 19.3 Å². The molecule has 0 rings (SSSR count). The Hall–Kier alpha value is -2.19. The van der Waals surface area contributed by atoms with Crippen LogP contribution in [0.2, 0.25) is 0 Å². The molecule has 0 spiro atoms. The first-order valence-corrected chi connectivity index (χ1v) is 25.9. The van der Waals surface area contributed by atoms with Crippen LogP contribution in [0.3, 0.4) is 0 Å². The van der Waals surface area contributed by atoms with Gasteiger partial charge in [0.2, 0.25) is 0 Å². The van der Waals surface area contributed by atoms with Crippen LogP contribution in [0.1, 0.15) is 245 Å². The summed E-state index contributed by atoms with van der Waals surface area (Å²) in [5.74, 6) is -1.72. The van der Waals surface area contributed by atoms with Gasteiger partial charge in [0.15, 0.2) is 6.10 Å². The van der Waals surface area contributed by atoms with Gasteiger partial charge in [0.05, 0.1) is 40.3 Å². The average molecular weight is 862 g/mol. The third kappa shape index (κ3) is 42.9. The van der Waals surface area contributed by atoms with Gasteiger partial charge in [0.25, 0.3) is 0 Å². The molecule has 2 atom stereocenters. The standard InChI is InChI=1S/C53H99NO7/c1-6-8-10-12-14-16-18-20-22-24-26-28-30-32-34-36-38-40-42-44-52(56)61-49(47-59-46-45-50(53(57)58)54(3,4)5)48-60-51(55)43-41-39-37-35-33-31-29-27-25-23-21-19-17-15-13-11-9-7-2/h14,16,20,22,49-50H,6-13,15,17-19,21,23-48H2,1-5H3/b16-14-,22-20-. The molecule has 0 bridgehead atoms. The fourth-order valence-electron chi connectivity index (χ4n) is 7.81. The van der Waals surface area contributed by atoms with E-state index in [1.165, 1.54) is 167 Å². The van der Waals surface area contributed by atoms with E-state index in [1.807, 2.05) is 21.1 Å². The molecule has 0 aromatic heterocycles. The average Bonchev–Trinajstić information content (AvgIpc) is 3.22. The van der Waals surface area contributed by atoms with E-state index >= 15 is 0 Å². The van der Waals surface area contributed by atoms with Gasteiger partial charge in [-0.3, -0.25) is 9.59 Å². The first-order chi connectivity index (χ1) is 29.6. The Kier molecular flexibility index (Phi) is 42.8. The summed E-state index contributed by atoms with van der Waals surface area (Å²) < 4.78 is 17.3. The molecule has 61 heavy (non-hydrogen) atoms. The Morgan fingerprint density at radius 2 is 0.869 bits per heavy atom. The van der Waals surface area contributed by atoms with Gasteiger partial charge in [-0.1, -0.05) is 205 Å². The highest BCUT2D eigenvalue weighted by Gasteiger charge is 2.25. The molecule has 0 aromatic carbocycles. The largest absolute Gasteiger partial charge is 0.544 e. The number of carboxylic acids is 1. The lowest BCUT2D eigenvalue weighted by molar-refractivity contribution is -0.889. The summed E-state index contributed by atoms with van der Waals surface area (Å²) in [7, 11) is 5.42. The SMILES string of the molecule is CCCCC/C=C\C/C=C\CCCCCCCCCCCC(=O)OC(COCCC(C(=O)[O-])[N+](C)(C)C)COC(=O)CCCCCCCCCCCCCCCCCCCC. The second-order valence-corrected chi connectivity index (χ2v) is 18.8. The van der Waals surface area contributed by atoms with Crippen LogP contribution in [-0.4, -0.2) is 75.5 Å². The van der Waals surface area contributed by atoms with Crippen molar-refractivity contribution in [2.24, 2.45) is 0 Å². The lowest BCUT2D eigenvalue weighted by Gasteiger charge is -2.34. The molecule has 0 N–H and O–H groups in total. The summed E-state index contributed by atoms with van der Waals surface area (Å²) in [4.78, 5) is 37.0. The first kappa shape index (κ1) is 58.8. The van der Waals surface area contributed by atoms with Crippen molar-refractivity contribution in [1.29, 1.82) is 0 Å². The number of carboxylic acid groups (broad SMARTS) is 1. The van der Waals surface area contributed by atoms with Crippen molar-refractivity contribution in [2.45, 2.75) is 257 Å². The Labute approximate surface area is 377 Å². The molecule has 0 amide bonds. The molecule has 0 saturated heterocycles. The summed E-state index contributed by atoms with van der Waals surface area (Å²) in [6, 6.07) is -0.724. The van der Waals surface area contributed by atoms with E-state index in [9.17, 15) is 19.5 Å². The minimum absolute atomic E-state index is 0.0436. The molecular weight excluding hydrogens is 763 g/mol. The second kappa shape index (κ2) is 44.4. The fraction of sp³-hybridized carbons (Fsp3) is 0.868. The molecule has 0 fully saturated rings. The van der Waals surface area contributed by atoms with Gasteiger partial charge >= 0.3 is 11.9 Å². The van der Waals surface area contributed by atoms with Gasteiger partial charge < -0.3 is 28.6 Å². The van der Waals surface area contributed by atoms with Crippen LogP contribution in [0.5, 0.6) is 0 Å². The van der Waals surface area contributed by atoms with E-state index in [2.05, 4.69) is 38.2 Å². The van der Waals surface area contributed by atoms with E-state index in [0.29, 0.717) is 12.8 Å². The third-order valence-corrected chi connectivity index (χ3v) is 11.8. The molecule has 0 aliphatic rings. The summed E-state index contributed by atoms with van der Waals surface area (Å²) in [6.45, 7) is 4.68. The third-order valence-electron chi connectivity index (χ3n) is 11.8. The number of hydrogen-bond acceptors (Lipinski definition) is 7. The van der Waals surface area contributed by atoms with Gasteiger partial charge in [-0.2, -0.15) is 0 Å². The number of carbonyl (C=O) groups is 3. The monoisotopic (exact) mass is 862 g/mol. The van der Waals surface area contributed by atoms with Crippen molar-refractivity contribution in [1.82, 2.24) is 0 Å². The Bertz CT molecular complexity index is 1050. The zero-order valence-corrected chi connectivity index (χ0v) is 40.8. The number of quaternary nitrogens is 1. The molecule has 0 heterocycles. The predicted octanol–water partition coefficient (Wildman–Crippen LogP) is 13.5. The van der Waals surface area contributed by atoms with Crippen LogP contribution in [0, 0.1) is 0 Å². The minimum atomic E-state index is -1.12. The Morgan fingerprint density at radius 3 is 1.30 bits per heavy atom. The molecule has 2 unspecified atom stereocenters. The minimum Gasteiger partial charge on any atom is -0.544 e. The number of unbranched alkanes of at least 4 members (excludes halogenated alkanes) is 29. The summed E-state index contributed by atoms with van der Waals surface area (Å²) >= 11 is 0. The van der Waals surface area contributed by atoms with E-state index < -0.39 is 18.1 Å². The Morgan fingerprint density at radius 1 is 0.492 bits per heavy atom. The molecule has 0 radical (unpaired) electrons. The number of esters is 2. The molecule has 0 aliphatic carbocycles. The van der Waals surface area contributed by atoms with E-state index in [0.717, 1.165) is 44.9 Å². The van der Waals surface area contributed by atoms with Crippen LogP contribution >= 0.6 is 0 Å². The number of nitrogens with zero attached hydrogens (tertiary/aromatic N) is 1. The highest BCUT2D eigenvalue weighted by Crippen LogP contribution is 2.16. The van der Waals surface area contributed by atoms with Crippen LogP contribution in [0.15, 0.2) is 24.3 Å². The fourth-order valence-corrected chi connectivity index (χ4v) is 7.81. The maximum Gasteiger partial charge on any atom is 0.306 e. The highest BCUT2D eigenvalue weighted by molar-refractivity contribution is 5.70. The number of allylic oxidation sites excluding steroid dienone is 4. The number of likely N-dealkylation sites (N-methyl/N-ethyl adjacent to an activating group) is 1. The predicted molar refractivity (Wildman–Crippen MR) is 254 cm³/mol. The van der Waals surface area contributed by atoms with Crippen LogP contribution in [0.4, 0.5) is 0 Å². The van der Waals surface area contributed by atoms with Gasteiger partial charge in [-0.05, 0) is 44.9 Å². The molecule has 0 saturated carbocycles. The number of aliphatic carboxylic acids is 1. The van der Waals surface area contributed by atoms with E-state index in [4.69, 9.17) is 14.2 Å². The Balaban J connectivity index is 4.22. The van der Waals surface area contributed by atoms with Crippen molar-refractivity contribution >= 4 is 17.9 Å². The van der Waals surface area contributed by atoms with Crippen molar-refractivity contribution in [3.63, 3.8) is 0 Å². The van der Waals surface area contributed by atoms with Crippen LogP contribution < -0.4 is 5.11 Å². The molecular formula is C53H99NO7. The smallest absolute Gasteiger partial charge is 0.306 e. The topological polar surface area (TPSA) is 102 Å². The number of carbonyl (C=O) groups excluding carboxylic acids is 3. The maximum atomic E-state index is 12.8. The molecule has 8 heteroatoms.